The van der Waals surface area contributed by atoms with Crippen molar-refractivity contribution >= 4 is 31.2 Å². The van der Waals surface area contributed by atoms with Gasteiger partial charge in [-0.3, -0.25) is 4.79 Å². The quantitative estimate of drug-likeness (QED) is 0.399. The van der Waals surface area contributed by atoms with Crippen LogP contribution in [0.4, 0.5) is 0 Å². The van der Waals surface area contributed by atoms with Crippen molar-refractivity contribution in [3.63, 3.8) is 0 Å². The van der Waals surface area contributed by atoms with Gasteiger partial charge in [-0.25, -0.2) is 0 Å². The summed E-state index contributed by atoms with van der Waals surface area (Å²) in [7, 11) is 0. The molecule has 0 fully saturated rings. The molecule has 96 valence electrons. The Morgan fingerprint density at radius 2 is 1.94 bits per heavy atom. The van der Waals surface area contributed by atoms with E-state index in [4.69, 9.17) is 4.74 Å². The molecule has 0 aliphatic rings. The zero-order valence-electron chi connectivity index (χ0n) is 10.5. The maximum absolute atomic E-state index is 11.5. The van der Waals surface area contributed by atoms with Crippen LogP contribution in [0, 0.1) is 5.92 Å². The molecule has 1 unspecified atom stereocenters. The number of unbranched alkanes of at least 4 members (excludes halogenated alkanes) is 2. The van der Waals surface area contributed by atoms with Crippen molar-refractivity contribution in [3.05, 3.63) is 0 Å². The Morgan fingerprint density at radius 3 is 2.44 bits per heavy atom. The van der Waals surface area contributed by atoms with Crippen molar-refractivity contribution in [1.29, 1.82) is 0 Å². The number of thiol groups is 2. The Balaban J connectivity index is 3.49. The van der Waals surface area contributed by atoms with Crippen LogP contribution in [-0.4, -0.2) is 23.1 Å². The summed E-state index contributed by atoms with van der Waals surface area (Å²) < 4.78 is 4.38. The Morgan fingerprint density at radius 1 is 1.31 bits per heavy atom. The fourth-order valence-electron chi connectivity index (χ4n) is 1.22. The lowest BCUT2D eigenvalue weighted by molar-refractivity contribution is -0.145. The largest absolute Gasteiger partial charge is 0.465 e. The van der Waals surface area contributed by atoms with Crippen molar-refractivity contribution in [2.75, 3.05) is 12.4 Å². The van der Waals surface area contributed by atoms with Gasteiger partial charge < -0.3 is 4.74 Å². The van der Waals surface area contributed by atoms with Crippen LogP contribution in [-0.2, 0) is 9.53 Å². The van der Waals surface area contributed by atoms with Gasteiger partial charge in [-0.15, -0.1) is 0 Å². The van der Waals surface area contributed by atoms with Gasteiger partial charge in [0.15, 0.2) is 0 Å². The average molecular weight is 264 g/mol. The van der Waals surface area contributed by atoms with Crippen LogP contribution in [0.5, 0.6) is 0 Å². The molecular formula is C12H24O2S2. The van der Waals surface area contributed by atoms with E-state index in [1.54, 1.807) is 6.92 Å². The van der Waals surface area contributed by atoms with E-state index in [1.807, 2.05) is 0 Å². The Kier molecular flexibility index (Phi) is 8.38. The number of carbonyl (C=O) groups is 1. The van der Waals surface area contributed by atoms with Gasteiger partial charge in [-0.05, 0) is 19.3 Å². The van der Waals surface area contributed by atoms with Gasteiger partial charge in [0.2, 0.25) is 0 Å². The molecule has 16 heavy (non-hydrogen) atoms. The number of ether oxygens (including phenoxy) is 1. The molecule has 0 N–H and O–H groups in total. The van der Waals surface area contributed by atoms with Crippen LogP contribution >= 0.6 is 25.3 Å². The Hall–Kier alpha value is 0.170. The highest BCUT2D eigenvalue weighted by Crippen LogP contribution is 2.17. The first-order valence-electron chi connectivity index (χ1n) is 5.90. The lowest BCUT2D eigenvalue weighted by atomic mass is 10.1. The maximum atomic E-state index is 11.5. The zero-order chi connectivity index (χ0) is 12.6. The van der Waals surface area contributed by atoms with Crippen LogP contribution in [0.3, 0.4) is 0 Å². The van der Waals surface area contributed by atoms with Crippen LogP contribution < -0.4 is 0 Å². The minimum absolute atomic E-state index is 0.269. The van der Waals surface area contributed by atoms with Crippen LogP contribution in [0.1, 0.15) is 46.5 Å². The number of hydrogen-bond donors (Lipinski definition) is 2. The highest BCUT2D eigenvalue weighted by Gasteiger charge is 2.28. The molecule has 0 bridgehead atoms. The van der Waals surface area contributed by atoms with Gasteiger partial charge in [0, 0.05) is 5.75 Å². The first-order chi connectivity index (χ1) is 7.40. The first kappa shape index (κ1) is 16.2. The van der Waals surface area contributed by atoms with Gasteiger partial charge >= 0.3 is 5.97 Å². The third kappa shape index (κ3) is 7.44. The minimum Gasteiger partial charge on any atom is -0.465 e. The van der Waals surface area contributed by atoms with E-state index in [9.17, 15) is 4.79 Å². The molecule has 4 heteroatoms. The predicted octanol–water partition coefficient (Wildman–Crippen LogP) is 3.36. The molecular weight excluding hydrogens is 240 g/mol. The van der Waals surface area contributed by atoms with Gasteiger partial charge in [-0.2, -0.15) is 25.3 Å². The molecule has 0 aromatic heterocycles. The number of carbonyl (C=O) groups excluding carboxylic acids is 1. The second-order valence-electron chi connectivity index (χ2n) is 4.81. The van der Waals surface area contributed by atoms with Crippen molar-refractivity contribution in [3.8, 4) is 0 Å². The van der Waals surface area contributed by atoms with E-state index in [0.717, 1.165) is 18.8 Å². The summed E-state index contributed by atoms with van der Waals surface area (Å²) in [6, 6.07) is 0. The third-order valence-corrected chi connectivity index (χ3v) is 3.63. The molecule has 0 rings (SSSR count). The van der Waals surface area contributed by atoms with Crippen LogP contribution in [0.2, 0.25) is 0 Å². The van der Waals surface area contributed by atoms with Gasteiger partial charge in [0.25, 0.3) is 0 Å². The Labute approximate surface area is 110 Å². The fraction of sp³-hybridized carbons (Fsp3) is 0.917. The van der Waals surface area contributed by atoms with Crippen molar-refractivity contribution in [2.45, 2.75) is 51.2 Å². The molecule has 0 aromatic rings. The highest BCUT2D eigenvalue weighted by atomic mass is 32.1. The lowest BCUT2D eigenvalue weighted by Gasteiger charge is -2.18. The Bertz CT molecular complexity index is 203. The number of hydrogen-bond acceptors (Lipinski definition) is 4. The second kappa shape index (κ2) is 8.29. The van der Waals surface area contributed by atoms with Crippen molar-refractivity contribution in [2.24, 2.45) is 5.92 Å². The molecule has 1 atom stereocenters. The van der Waals surface area contributed by atoms with E-state index >= 15 is 0 Å². The molecule has 0 saturated heterocycles. The SMILES string of the molecule is CC(C)CCCCCOC(=O)C(C)(S)CS. The van der Waals surface area contributed by atoms with Gasteiger partial charge in [0.05, 0.1) is 6.61 Å². The summed E-state index contributed by atoms with van der Waals surface area (Å²) in [6.45, 7) is 6.67. The summed E-state index contributed by atoms with van der Waals surface area (Å²) >= 11 is 8.27. The van der Waals surface area contributed by atoms with Crippen LogP contribution in [0.25, 0.3) is 0 Å². The fourth-order valence-corrected chi connectivity index (χ4v) is 1.41. The number of esters is 1. The van der Waals surface area contributed by atoms with E-state index in [2.05, 4.69) is 39.1 Å². The predicted molar refractivity (Wildman–Crippen MR) is 75.5 cm³/mol. The zero-order valence-corrected chi connectivity index (χ0v) is 12.3. The average Bonchev–Trinajstić information content (AvgIpc) is 2.22. The molecule has 0 amide bonds. The minimum atomic E-state index is -0.763. The summed E-state index contributed by atoms with van der Waals surface area (Å²) in [6.07, 6.45) is 4.51. The maximum Gasteiger partial charge on any atom is 0.322 e. The van der Waals surface area contributed by atoms with Crippen molar-refractivity contribution in [1.82, 2.24) is 0 Å². The molecule has 0 radical (unpaired) electrons. The molecule has 2 nitrogen and oxygen atoms in total. The summed E-state index contributed by atoms with van der Waals surface area (Å²) in [5.74, 6) is 0.879. The van der Waals surface area contributed by atoms with Gasteiger partial charge in [0.1, 0.15) is 4.75 Å². The first-order valence-corrected chi connectivity index (χ1v) is 6.98. The van der Waals surface area contributed by atoms with Gasteiger partial charge in [-0.1, -0.05) is 33.1 Å². The molecule has 0 saturated carbocycles. The molecule has 0 aliphatic heterocycles. The molecule has 0 aliphatic carbocycles. The second-order valence-corrected chi connectivity index (χ2v) is 6.11. The third-order valence-electron chi connectivity index (χ3n) is 2.41. The lowest BCUT2D eigenvalue weighted by Crippen LogP contribution is -2.33. The topological polar surface area (TPSA) is 26.3 Å². The van der Waals surface area contributed by atoms with E-state index in [-0.39, 0.29) is 5.97 Å². The van der Waals surface area contributed by atoms with E-state index in [1.165, 1.54) is 12.8 Å². The normalized spacial score (nSPS) is 14.9. The summed E-state index contributed by atoms with van der Waals surface area (Å²) in [5, 5.41) is 0. The molecule has 0 heterocycles. The summed E-state index contributed by atoms with van der Waals surface area (Å²) in [4.78, 5) is 11.5. The smallest absolute Gasteiger partial charge is 0.322 e. The van der Waals surface area contributed by atoms with E-state index in [0.29, 0.717) is 12.4 Å². The number of rotatable bonds is 8. The molecule has 0 aromatic carbocycles. The summed E-state index contributed by atoms with van der Waals surface area (Å²) in [5.41, 5.74) is 0. The van der Waals surface area contributed by atoms with E-state index < -0.39 is 4.75 Å². The van der Waals surface area contributed by atoms with Crippen LogP contribution in [0.15, 0.2) is 0 Å². The highest BCUT2D eigenvalue weighted by molar-refractivity contribution is 7.86. The molecule has 0 spiro atoms. The monoisotopic (exact) mass is 264 g/mol. The van der Waals surface area contributed by atoms with Crippen molar-refractivity contribution < 1.29 is 9.53 Å². The standard InChI is InChI=1S/C12H24O2S2/c1-10(2)7-5-4-6-8-14-11(13)12(3,16)9-15/h10,15-16H,4-9H2,1-3H3.